The zero-order valence-corrected chi connectivity index (χ0v) is 9.19. The molecule has 1 aliphatic rings. The molecule has 1 aromatic heterocycles. The molecule has 0 bridgehead atoms. The van der Waals surface area contributed by atoms with Crippen molar-refractivity contribution in [3.63, 3.8) is 0 Å². The fourth-order valence-electron chi connectivity index (χ4n) is 2.26. The summed E-state index contributed by atoms with van der Waals surface area (Å²) >= 11 is 0. The van der Waals surface area contributed by atoms with E-state index in [4.69, 9.17) is 0 Å². The van der Waals surface area contributed by atoms with Crippen molar-refractivity contribution in [2.75, 3.05) is 18.0 Å². The Morgan fingerprint density at radius 1 is 1.12 bits per heavy atom. The molecule has 1 N–H and O–H groups in total. The Kier molecular flexibility index (Phi) is 2.37. The third-order valence-electron chi connectivity index (χ3n) is 3.13. The number of rotatable bonds is 2. The van der Waals surface area contributed by atoms with Crippen LogP contribution in [0.25, 0.3) is 11.3 Å². The van der Waals surface area contributed by atoms with Gasteiger partial charge in [-0.2, -0.15) is 5.10 Å². The van der Waals surface area contributed by atoms with Crippen LogP contribution < -0.4 is 4.90 Å². The van der Waals surface area contributed by atoms with Gasteiger partial charge in [-0.1, -0.05) is 12.1 Å². The second kappa shape index (κ2) is 4.00. The van der Waals surface area contributed by atoms with Gasteiger partial charge in [0.25, 0.3) is 0 Å². The zero-order valence-electron chi connectivity index (χ0n) is 9.19. The van der Waals surface area contributed by atoms with Crippen molar-refractivity contribution in [3.05, 3.63) is 36.5 Å². The third kappa shape index (κ3) is 1.69. The Hall–Kier alpha value is -1.77. The van der Waals surface area contributed by atoms with E-state index in [0.29, 0.717) is 0 Å². The molecular formula is C13H15N3. The first-order valence-electron chi connectivity index (χ1n) is 5.78. The number of H-pyrrole nitrogens is 1. The van der Waals surface area contributed by atoms with E-state index in [1.807, 2.05) is 6.07 Å². The van der Waals surface area contributed by atoms with Crippen LogP contribution in [-0.2, 0) is 0 Å². The maximum atomic E-state index is 3.99. The molecule has 0 amide bonds. The molecule has 82 valence electrons. The highest BCUT2D eigenvalue weighted by Crippen LogP contribution is 2.25. The molecule has 0 atom stereocenters. The highest BCUT2D eigenvalue weighted by Gasteiger charge is 2.12. The lowest BCUT2D eigenvalue weighted by molar-refractivity contribution is 0.949. The number of nitrogens with zero attached hydrogens (tertiary/aromatic N) is 2. The Bertz CT molecular complexity index is 456. The number of hydrogen-bond donors (Lipinski definition) is 1. The van der Waals surface area contributed by atoms with Gasteiger partial charge in [0.05, 0.1) is 5.69 Å². The van der Waals surface area contributed by atoms with Crippen molar-refractivity contribution < 1.29 is 0 Å². The van der Waals surface area contributed by atoms with Gasteiger partial charge in [0.2, 0.25) is 0 Å². The Labute approximate surface area is 95.1 Å². The minimum absolute atomic E-state index is 1.08. The number of aromatic nitrogens is 2. The molecule has 16 heavy (non-hydrogen) atoms. The lowest BCUT2D eigenvalue weighted by atomic mass is 10.1. The average Bonchev–Trinajstić information content (AvgIpc) is 3.03. The monoisotopic (exact) mass is 213 g/mol. The molecular weight excluding hydrogens is 198 g/mol. The molecule has 2 heterocycles. The van der Waals surface area contributed by atoms with E-state index in [1.165, 1.54) is 37.2 Å². The molecule has 0 aliphatic carbocycles. The van der Waals surface area contributed by atoms with E-state index in [9.17, 15) is 0 Å². The van der Waals surface area contributed by atoms with Crippen LogP contribution in [0, 0.1) is 0 Å². The summed E-state index contributed by atoms with van der Waals surface area (Å²) in [6, 6.07) is 10.7. The molecule has 2 aromatic rings. The molecule has 1 aliphatic heterocycles. The van der Waals surface area contributed by atoms with Gasteiger partial charge in [-0.25, -0.2) is 0 Å². The molecule has 0 saturated carbocycles. The fourth-order valence-corrected chi connectivity index (χ4v) is 2.26. The summed E-state index contributed by atoms with van der Waals surface area (Å²) in [4.78, 5) is 2.44. The average molecular weight is 213 g/mol. The Balaban J connectivity index is 1.93. The summed E-state index contributed by atoms with van der Waals surface area (Å²) in [5.41, 5.74) is 3.62. The smallest absolute Gasteiger partial charge is 0.0650 e. The predicted octanol–water partition coefficient (Wildman–Crippen LogP) is 2.68. The van der Waals surface area contributed by atoms with Crippen LogP contribution in [-0.4, -0.2) is 23.3 Å². The van der Waals surface area contributed by atoms with Gasteiger partial charge in [-0.3, -0.25) is 5.10 Å². The summed E-state index contributed by atoms with van der Waals surface area (Å²) in [6.45, 7) is 2.37. The molecule has 1 aromatic carbocycles. The van der Waals surface area contributed by atoms with Gasteiger partial charge < -0.3 is 4.90 Å². The van der Waals surface area contributed by atoms with E-state index in [0.717, 1.165) is 5.69 Å². The molecule has 1 saturated heterocycles. The van der Waals surface area contributed by atoms with Crippen LogP contribution in [0.2, 0.25) is 0 Å². The predicted molar refractivity (Wildman–Crippen MR) is 65.5 cm³/mol. The van der Waals surface area contributed by atoms with Crippen LogP contribution in [0.15, 0.2) is 36.5 Å². The summed E-state index contributed by atoms with van der Waals surface area (Å²) in [5.74, 6) is 0. The van der Waals surface area contributed by atoms with Gasteiger partial charge in [-0.15, -0.1) is 0 Å². The summed E-state index contributed by atoms with van der Waals surface area (Å²) in [5, 5.41) is 6.99. The van der Waals surface area contributed by atoms with Gasteiger partial charge in [0.15, 0.2) is 0 Å². The van der Waals surface area contributed by atoms with Crippen molar-refractivity contribution >= 4 is 5.69 Å². The summed E-state index contributed by atoms with van der Waals surface area (Å²) in [6.07, 6.45) is 4.42. The van der Waals surface area contributed by atoms with Crippen LogP contribution in [0.1, 0.15) is 12.8 Å². The topological polar surface area (TPSA) is 31.9 Å². The van der Waals surface area contributed by atoms with E-state index in [1.54, 1.807) is 6.20 Å². The first kappa shape index (κ1) is 9.46. The second-order valence-electron chi connectivity index (χ2n) is 4.21. The van der Waals surface area contributed by atoms with Crippen molar-refractivity contribution in [1.29, 1.82) is 0 Å². The minimum Gasteiger partial charge on any atom is -0.372 e. The van der Waals surface area contributed by atoms with Crippen LogP contribution in [0.4, 0.5) is 5.69 Å². The van der Waals surface area contributed by atoms with Crippen LogP contribution in [0.3, 0.4) is 0 Å². The van der Waals surface area contributed by atoms with Crippen LogP contribution in [0.5, 0.6) is 0 Å². The number of anilines is 1. The molecule has 1 fully saturated rings. The lowest BCUT2D eigenvalue weighted by Crippen LogP contribution is -2.17. The third-order valence-corrected chi connectivity index (χ3v) is 3.13. The van der Waals surface area contributed by atoms with E-state index in [2.05, 4.69) is 39.4 Å². The summed E-state index contributed by atoms with van der Waals surface area (Å²) < 4.78 is 0. The molecule has 0 radical (unpaired) electrons. The highest BCUT2D eigenvalue weighted by molar-refractivity contribution is 5.65. The van der Waals surface area contributed by atoms with Gasteiger partial charge >= 0.3 is 0 Å². The number of benzene rings is 1. The zero-order chi connectivity index (χ0) is 10.8. The van der Waals surface area contributed by atoms with Crippen molar-refractivity contribution in [2.45, 2.75) is 12.8 Å². The number of aromatic amines is 1. The summed E-state index contributed by atoms with van der Waals surface area (Å²) in [7, 11) is 0. The first-order chi connectivity index (χ1) is 7.93. The van der Waals surface area contributed by atoms with E-state index >= 15 is 0 Å². The molecule has 3 rings (SSSR count). The van der Waals surface area contributed by atoms with Crippen LogP contribution >= 0.6 is 0 Å². The highest BCUT2D eigenvalue weighted by atomic mass is 15.1. The van der Waals surface area contributed by atoms with Crippen molar-refractivity contribution in [1.82, 2.24) is 10.2 Å². The van der Waals surface area contributed by atoms with Gasteiger partial charge in [-0.05, 0) is 31.0 Å². The van der Waals surface area contributed by atoms with Crippen molar-refractivity contribution in [3.8, 4) is 11.3 Å². The van der Waals surface area contributed by atoms with E-state index in [-0.39, 0.29) is 0 Å². The van der Waals surface area contributed by atoms with Crippen molar-refractivity contribution in [2.24, 2.45) is 0 Å². The molecule has 3 heteroatoms. The lowest BCUT2D eigenvalue weighted by Gasteiger charge is -2.18. The largest absolute Gasteiger partial charge is 0.372 e. The fraction of sp³-hybridized carbons (Fsp3) is 0.308. The van der Waals surface area contributed by atoms with E-state index < -0.39 is 0 Å². The maximum absolute atomic E-state index is 3.99. The minimum atomic E-state index is 1.08. The molecule has 3 nitrogen and oxygen atoms in total. The maximum Gasteiger partial charge on any atom is 0.0650 e. The number of nitrogens with one attached hydrogen (secondary N) is 1. The van der Waals surface area contributed by atoms with Gasteiger partial charge in [0.1, 0.15) is 0 Å². The SMILES string of the molecule is c1cc(-c2ccn[nH]2)cc(N2CCCC2)c1. The second-order valence-corrected chi connectivity index (χ2v) is 4.21. The van der Waals surface area contributed by atoms with Gasteiger partial charge in [0, 0.05) is 30.5 Å². The molecule has 0 spiro atoms. The Morgan fingerprint density at radius 2 is 2.00 bits per heavy atom. The number of hydrogen-bond acceptors (Lipinski definition) is 2. The quantitative estimate of drug-likeness (QED) is 0.831. The first-order valence-corrected chi connectivity index (χ1v) is 5.78. The normalized spacial score (nSPS) is 15.6. The standard InChI is InChI=1S/C13H15N3/c1-2-9-16(8-1)12-5-3-4-11(10-12)13-6-7-14-15-13/h3-7,10H,1-2,8-9H2,(H,14,15). The molecule has 0 unspecified atom stereocenters. The Morgan fingerprint density at radius 3 is 2.75 bits per heavy atom.